The van der Waals surface area contributed by atoms with E-state index in [0.717, 1.165) is 5.56 Å². The van der Waals surface area contributed by atoms with Crippen LogP contribution in [0.25, 0.3) is 0 Å². The standard InChI is InChI=1S/C20H29N3O6/c1-13(2)17(23-20(28)29-12-14-7-4-3-5-8-14)16(24)11-15(18(25)26)9-6-10-22-19(21)27/h3-5,7-8,13,15,17H,6,9-12H2,1-2H3,(H,23,28)(H,25,26)(H3,21,22,27)/t15-,17+/m1/s1. The first-order valence-electron chi connectivity index (χ1n) is 9.46. The van der Waals surface area contributed by atoms with Gasteiger partial charge >= 0.3 is 18.1 Å². The highest BCUT2D eigenvalue weighted by Crippen LogP contribution is 2.16. The first-order chi connectivity index (χ1) is 13.7. The van der Waals surface area contributed by atoms with Crippen molar-refractivity contribution in [2.24, 2.45) is 17.6 Å². The van der Waals surface area contributed by atoms with E-state index in [0.29, 0.717) is 6.42 Å². The Kier molecular flexibility index (Phi) is 10.2. The van der Waals surface area contributed by atoms with Gasteiger partial charge in [-0.05, 0) is 24.3 Å². The summed E-state index contributed by atoms with van der Waals surface area (Å²) in [5.74, 6) is -2.64. The Labute approximate surface area is 170 Å². The van der Waals surface area contributed by atoms with Crippen molar-refractivity contribution < 1.29 is 29.0 Å². The Balaban J connectivity index is 2.58. The van der Waals surface area contributed by atoms with Gasteiger partial charge in [-0.2, -0.15) is 0 Å². The van der Waals surface area contributed by atoms with Crippen LogP contribution in [-0.2, 0) is 20.9 Å². The van der Waals surface area contributed by atoms with Crippen molar-refractivity contribution in [1.29, 1.82) is 0 Å². The Morgan fingerprint density at radius 1 is 1.14 bits per heavy atom. The minimum absolute atomic E-state index is 0.0658. The van der Waals surface area contributed by atoms with Crippen LogP contribution in [0, 0.1) is 11.8 Å². The monoisotopic (exact) mass is 407 g/mol. The summed E-state index contributed by atoms with van der Waals surface area (Å²) in [6.45, 7) is 3.81. The Morgan fingerprint density at radius 3 is 2.34 bits per heavy atom. The van der Waals surface area contributed by atoms with Crippen LogP contribution < -0.4 is 16.4 Å². The number of carboxylic acid groups (broad SMARTS) is 1. The van der Waals surface area contributed by atoms with Gasteiger partial charge in [-0.25, -0.2) is 9.59 Å². The Bertz CT molecular complexity index is 693. The molecule has 0 unspecified atom stereocenters. The number of rotatable bonds is 12. The number of carbonyl (C=O) groups is 4. The number of primary amides is 1. The van der Waals surface area contributed by atoms with Gasteiger partial charge in [-0.3, -0.25) is 9.59 Å². The first kappa shape index (κ1) is 23.9. The number of alkyl carbamates (subject to hydrolysis) is 1. The van der Waals surface area contributed by atoms with Gasteiger partial charge in [0.2, 0.25) is 0 Å². The molecule has 3 amide bonds. The molecule has 0 heterocycles. The molecule has 1 aromatic carbocycles. The molecule has 0 aliphatic heterocycles. The van der Waals surface area contributed by atoms with Crippen molar-refractivity contribution >= 4 is 23.9 Å². The molecule has 0 spiro atoms. The summed E-state index contributed by atoms with van der Waals surface area (Å²) in [7, 11) is 0. The number of carbonyl (C=O) groups excluding carboxylic acids is 3. The predicted molar refractivity (Wildman–Crippen MR) is 106 cm³/mol. The lowest BCUT2D eigenvalue weighted by molar-refractivity contribution is -0.144. The van der Waals surface area contributed by atoms with Gasteiger partial charge in [-0.1, -0.05) is 44.2 Å². The fraction of sp³-hybridized carbons (Fsp3) is 0.500. The lowest BCUT2D eigenvalue weighted by Crippen LogP contribution is -2.45. The van der Waals surface area contributed by atoms with E-state index in [-0.39, 0.29) is 37.7 Å². The first-order valence-corrected chi connectivity index (χ1v) is 9.46. The van der Waals surface area contributed by atoms with Gasteiger partial charge in [0, 0.05) is 13.0 Å². The van der Waals surface area contributed by atoms with Crippen LogP contribution in [0.4, 0.5) is 9.59 Å². The van der Waals surface area contributed by atoms with E-state index in [1.54, 1.807) is 13.8 Å². The number of Topliss-reactive ketones (excluding diaryl/α,β-unsaturated/α-hetero) is 1. The predicted octanol–water partition coefficient (Wildman–Crippen LogP) is 2.05. The molecule has 160 valence electrons. The molecule has 0 aromatic heterocycles. The number of hydrogen-bond donors (Lipinski definition) is 4. The normalized spacial score (nSPS) is 12.7. The third-order valence-electron chi connectivity index (χ3n) is 4.33. The quantitative estimate of drug-likeness (QED) is 0.390. The zero-order valence-electron chi connectivity index (χ0n) is 16.7. The summed E-state index contributed by atoms with van der Waals surface area (Å²) in [5.41, 5.74) is 5.77. The number of nitrogens with one attached hydrogen (secondary N) is 2. The molecule has 0 saturated heterocycles. The number of nitrogens with two attached hydrogens (primary N) is 1. The molecule has 1 rings (SSSR count). The van der Waals surface area contributed by atoms with Crippen LogP contribution in [0.1, 0.15) is 38.7 Å². The Morgan fingerprint density at radius 2 is 1.79 bits per heavy atom. The number of ether oxygens (including phenoxy) is 1. The molecule has 0 aliphatic carbocycles. The molecular weight excluding hydrogens is 378 g/mol. The van der Waals surface area contributed by atoms with Gasteiger partial charge in [-0.15, -0.1) is 0 Å². The molecule has 1 aromatic rings. The molecule has 29 heavy (non-hydrogen) atoms. The van der Waals surface area contributed by atoms with Crippen LogP contribution in [0.2, 0.25) is 0 Å². The average molecular weight is 407 g/mol. The van der Waals surface area contributed by atoms with Crippen LogP contribution in [-0.4, -0.2) is 41.6 Å². The van der Waals surface area contributed by atoms with Crippen LogP contribution in [0.15, 0.2) is 30.3 Å². The van der Waals surface area contributed by atoms with E-state index in [9.17, 15) is 24.3 Å². The SMILES string of the molecule is CC(C)[C@H](NC(=O)OCc1ccccc1)C(=O)C[C@@H](CCCNC(N)=O)C(=O)O. The van der Waals surface area contributed by atoms with Crippen molar-refractivity contribution in [3.05, 3.63) is 35.9 Å². The fourth-order valence-corrected chi connectivity index (χ4v) is 2.75. The van der Waals surface area contributed by atoms with Crippen LogP contribution in [0.5, 0.6) is 0 Å². The Hall–Kier alpha value is -3.10. The topological polar surface area (TPSA) is 148 Å². The lowest BCUT2D eigenvalue weighted by atomic mass is 9.90. The summed E-state index contributed by atoms with van der Waals surface area (Å²) >= 11 is 0. The van der Waals surface area contributed by atoms with Crippen molar-refractivity contribution in [2.75, 3.05) is 6.54 Å². The van der Waals surface area contributed by atoms with Crippen molar-refractivity contribution in [1.82, 2.24) is 10.6 Å². The molecule has 0 aliphatic rings. The fourth-order valence-electron chi connectivity index (χ4n) is 2.75. The molecule has 0 saturated carbocycles. The average Bonchev–Trinajstić information content (AvgIpc) is 2.66. The smallest absolute Gasteiger partial charge is 0.408 e. The zero-order valence-corrected chi connectivity index (χ0v) is 16.7. The maximum Gasteiger partial charge on any atom is 0.408 e. The maximum absolute atomic E-state index is 12.6. The third kappa shape index (κ3) is 9.59. The molecule has 0 radical (unpaired) electrons. The van der Waals surface area contributed by atoms with E-state index in [2.05, 4.69) is 10.6 Å². The number of carboxylic acids is 1. The molecule has 2 atom stereocenters. The third-order valence-corrected chi connectivity index (χ3v) is 4.33. The number of ketones is 1. The van der Waals surface area contributed by atoms with Crippen molar-refractivity contribution in [3.8, 4) is 0 Å². The van der Waals surface area contributed by atoms with Gasteiger partial charge in [0.1, 0.15) is 6.61 Å². The molecule has 0 fully saturated rings. The van der Waals surface area contributed by atoms with Gasteiger partial charge in [0.05, 0.1) is 12.0 Å². The number of amides is 3. The molecular formula is C20H29N3O6. The van der Waals surface area contributed by atoms with Gasteiger partial charge in [0.15, 0.2) is 5.78 Å². The van der Waals surface area contributed by atoms with Crippen LogP contribution in [0.3, 0.4) is 0 Å². The molecule has 9 nitrogen and oxygen atoms in total. The lowest BCUT2D eigenvalue weighted by Gasteiger charge is -2.22. The minimum Gasteiger partial charge on any atom is -0.481 e. The zero-order chi connectivity index (χ0) is 21.8. The molecule has 9 heteroatoms. The highest BCUT2D eigenvalue weighted by Gasteiger charge is 2.29. The van der Waals surface area contributed by atoms with E-state index < -0.39 is 30.1 Å². The van der Waals surface area contributed by atoms with Gasteiger partial charge in [0.25, 0.3) is 0 Å². The second-order valence-corrected chi connectivity index (χ2v) is 7.07. The minimum atomic E-state index is -1.11. The van der Waals surface area contributed by atoms with Crippen molar-refractivity contribution in [2.45, 2.75) is 45.8 Å². The van der Waals surface area contributed by atoms with Gasteiger partial charge < -0.3 is 26.2 Å². The summed E-state index contributed by atoms with van der Waals surface area (Å²) < 4.78 is 5.14. The molecule has 0 bridgehead atoms. The number of urea groups is 1. The summed E-state index contributed by atoms with van der Waals surface area (Å²) in [6, 6.07) is 7.56. The van der Waals surface area contributed by atoms with Crippen LogP contribution >= 0.6 is 0 Å². The van der Waals surface area contributed by atoms with Crippen molar-refractivity contribution in [3.63, 3.8) is 0 Å². The summed E-state index contributed by atoms with van der Waals surface area (Å²) in [5, 5.41) is 14.3. The summed E-state index contributed by atoms with van der Waals surface area (Å²) in [6.07, 6.45) is -0.400. The summed E-state index contributed by atoms with van der Waals surface area (Å²) in [4.78, 5) is 46.8. The second-order valence-electron chi connectivity index (χ2n) is 7.07. The van der Waals surface area contributed by atoms with E-state index in [1.807, 2.05) is 30.3 Å². The van der Waals surface area contributed by atoms with E-state index >= 15 is 0 Å². The van der Waals surface area contributed by atoms with E-state index in [1.165, 1.54) is 0 Å². The number of aliphatic carboxylic acids is 1. The maximum atomic E-state index is 12.6. The number of hydrogen-bond acceptors (Lipinski definition) is 5. The largest absolute Gasteiger partial charge is 0.481 e. The highest BCUT2D eigenvalue weighted by molar-refractivity contribution is 5.90. The number of benzene rings is 1. The highest BCUT2D eigenvalue weighted by atomic mass is 16.5. The molecule has 5 N–H and O–H groups in total. The van der Waals surface area contributed by atoms with E-state index in [4.69, 9.17) is 10.5 Å². The second kappa shape index (κ2) is 12.4.